The fourth-order valence-electron chi connectivity index (χ4n) is 0.747. The van der Waals surface area contributed by atoms with Crippen LogP contribution in [0.3, 0.4) is 0 Å². The van der Waals surface area contributed by atoms with E-state index in [2.05, 4.69) is 20.2 Å². The third-order valence-electron chi connectivity index (χ3n) is 1.27. The fourth-order valence-corrected chi connectivity index (χ4v) is 0.747. The minimum atomic E-state index is -0.120. The fraction of sp³-hybridized carbons (Fsp3) is 0.143. The maximum atomic E-state index is 5.38. The first kappa shape index (κ1) is 9.90. The van der Waals surface area contributed by atoms with Crippen molar-refractivity contribution in [2.45, 2.75) is 6.54 Å². The van der Waals surface area contributed by atoms with Crippen LogP contribution in [0.1, 0.15) is 5.69 Å². The monoisotopic (exact) mass is 193 g/mol. The molecule has 0 unspecified atom stereocenters. The first-order chi connectivity index (χ1) is 6.68. The third-order valence-corrected chi connectivity index (χ3v) is 1.27. The summed E-state index contributed by atoms with van der Waals surface area (Å²) >= 11 is 0. The third kappa shape index (κ3) is 3.48. The van der Waals surface area contributed by atoms with E-state index in [1.807, 2.05) is 0 Å². The first-order valence-corrected chi connectivity index (χ1v) is 3.84. The molecule has 0 amide bonds. The number of rotatable bonds is 2. The van der Waals surface area contributed by atoms with Gasteiger partial charge in [0, 0.05) is 6.20 Å². The minimum absolute atomic E-state index is 0.0238. The van der Waals surface area contributed by atoms with Gasteiger partial charge < -0.3 is 17.2 Å². The number of aromatic nitrogens is 2. The Morgan fingerprint density at radius 3 is 2.71 bits per heavy atom. The van der Waals surface area contributed by atoms with Gasteiger partial charge in [0.25, 0.3) is 0 Å². The highest BCUT2D eigenvalue weighted by Gasteiger charge is 1.92. The van der Waals surface area contributed by atoms with E-state index in [0.29, 0.717) is 12.2 Å². The molecule has 0 aliphatic carbocycles. The van der Waals surface area contributed by atoms with Gasteiger partial charge in [0.15, 0.2) is 5.96 Å². The maximum Gasteiger partial charge on any atom is 0.218 e. The van der Waals surface area contributed by atoms with E-state index in [1.54, 1.807) is 18.3 Å². The predicted molar refractivity (Wildman–Crippen MR) is 53.2 cm³/mol. The Labute approximate surface area is 80.7 Å². The van der Waals surface area contributed by atoms with Crippen molar-refractivity contribution in [3.63, 3.8) is 0 Å². The molecule has 0 radical (unpaired) electrons. The van der Waals surface area contributed by atoms with E-state index in [-0.39, 0.29) is 11.9 Å². The molecule has 1 aromatic rings. The average molecular weight is 193 g/mol. The minimum Gasteiger partial charge on any atom is -0.370 e. The molecule has 0 aliphatic heterocycles. The van der Waals surface area contributed by atoms with Gasteiger partial charge in [-0.1, -0.05) is 0 Å². The summed E-state index contributed by atoms with van der Waals surface area (Å²) in [6.45, 7) is 0.302. The Bertz CT molecular complexity index is 338. The van der Waals surface area contributed by atoms with Crippen LogP contribution >= 0.6 is 0 Å². The smallest absolute Gasteiger partial charge is 0.218 e. The molecule has 0 saturated carbocycles. The topological polar surface area (TPSA) is 129 Å². The van der Waals surface area contributed by atoms with Crippen LogP contribution in [0.4, 0.5) is 0 Å². The number of nitrogens with two attached hydrogens (primary N) is 3. The molecule has 1 rings (SSSR count). The van der Waals surface area contributed by atoms with Crippen LogP contribution in [0.5, 0.6) is 0 Å². The lowest BCUT2D eigenvalue weighted by Crippen LogP contribution is -2.26. The predicted octanol–water partition coefficient (Wildman–Crippen LogP) is -1.44. The second-order valence-corrected chi connectivity index (χ2v) is 2.43. The van der Waals surface area contributed by atoms with Crippen LogP contribution in [0.25, 0.3) is 0 Å². The van der Waals surface area contributed by atoms with Crippen LogP contribution in [-0.4, -0.2) is 22.1 Å². The van der Waals surface area contributed by atoms with Crippen molar-refractivity contribution in [2.24, 2.45) is 27.2 Å². The molecule has 0 bridgehead atoms. The summed E-state index contributed by atoms with van der Waals surface area (Å²) in [5, 5.41) is 7.48. The molecule has 0 fully saturated rings. The normalized spacial score (nSPS) is 11.0. The standard InChI is InChI=1S/C7H11N7/c8-6(9)13-7(10)11-4-5-2-1-3-12-14-5/h1-3H,4H2,(H6,8,9,10,11,13). The molecule has 7 nitrogen and oxygen atoms in total. The van der Waals surface area contributed by atoms with Crippen molar-refractivity contribution >= 4 is 11.9 Å². The SMILES string of the molecule is NC(N)=NC(N)=NCc1cccnn1. The van der Waals surface area contributed by atoms with Crippen molar-refractivity contribution in [1.29, 1.82) is 0 Å². The van der Waals surface area contributed by atoms with Crippen molar-refractivity contribution in [3.8, 4) is 0 Å². The Hall–Kier alpha value is -2.18. The second kappa shape index (κ2) is 4.75. The Kier molecular flexibility index (Phi) is 3.36. The number of hydrogen-bond donors (Lipinski definition) is 3. The molecule has 1 heterocycles. The lowest BCUT2D eigenvalue weighted by molar-refractivity contribution is 0.895. The zero-order valence-corrected chi connectivity index (χ0v) is 7.46. The van der Waals surface area contributed by atoms with Crippen molar-refractivity contribution in [3.05, 3.63) is 24.0 Å². The van der Waals surface area contributed by atoms with E-state index >= 15 is 0 Å². The van der Waals surface area contributed by atoms with Gasteiger partial charge in [-0.25, -0.2) is 4.99 Å². The Morgan fingerprint density at radius 2 is 2.14 bits per heavy atom. The number of hydrogen-bond acceptors (Lipinski definition) is 3. The van der Waals surface area contributed by atoms with Crippen LogP contribution in [0.15, 0.2) is 28.3 Å². The van der Waals surface area contributed by atoms with E-state index in [9.17, 15) is 0 Å². The largest absolute Gasteiger partial charge is 0.370 e. The quantitative estimate of drug-likeness (QED) is 0.391. The summed E-state index contributed by atoms with van der Waals surface area (Å²) in [4.78, 5) is 7.42. The molecule has 74 valence electrons. The number of nitrogens with zero attached hydrogens (tertiary/aromatic N) is 4. The molecule has 0 atom stereocenters. The van der Waals surface area contributed by atoms with Gasteiger partial charge in [0.05, 0.1) is 12.2 Å². The Balaban J connectivity index is 2.60. The molecule has 0 saturated heterocycles. The molecule has 6 N–H and O–H groups in total. The average Bonchev–Trinajstić information content (AvgIpc) is 2.15. The van der Waals surface area contributed by atoms with E-state index in [1.165, 1.54) is 0 Å². The molecule has 1 aromatic heterocycles. The number of aliphatic imine (C=N–C) groups is 2. The molecule has 0 spiro atoms. The van der Waals surface area contributed by atoms with E-state index < -0.39 is 0 Å². The van der Waals surface area contributed by atoms with E-state index in [4.69, 9.17) is 17.2 Å². The highest BCUT2D eigenvalue weighted by molar-refractivity contribution is 5.92. The number of guanidine groups is 2. The highest BCUT2D eigenvalue weighted by Crippen LogP contribution is 1.93. The summed E-state index contributed by atoms with van der Waals surface area (Å²) in [5.74, 6) is -0.0963. The van der Waals surface area contributed by atoms with Crippen LogP contribution < -0.4 is 17.2 Å². The maximum absolute atomic E-state index is 5.38. The molecular formula is C7H11N7. The van der Waals surface area contributed by atoms with Gasteiger partial charge in [0.2, 0.25) is 5.96 Å². The van der Waals surface area contributed by atoms with Gasteiger partial charge >= 0.3 is 0 Å². The van der Waals surface area contributed by atoms with Gasteiger partial charge in [-0.05, 0) is 12.1 Å². The van der Waals surface area contributed by atoms with Crippen LogP contribution in [0, 0.1) is 0 Å². The van der Waals surface area contributed by atoms with Gasteiger partial charge in [-0.2, -0.15) is 15.2 Å². The Morgan fingerprint density at radius 1 is 1.36 bits per heavy atom. The zero-order chi connectivity index (χ0) is 10.4. The second-order valence-electron chi connectivity index (χ2n) is 2.43. The highest BCUT2D eigenvalue weighted by atomic mass is 15.1. The molecule has 0 aliphatic rings. The molecule has 7 heteroatoms. The van der Waals surface area contributed by atoms with Crippen molar-refractivity contribution in [2.75, 3.05) is 0 Å². The van der Waals surface area contributed by atoms with Crippen molar-refractivity contribution in [1.82, 2.24) is 10.2 Å². The van der Waals surface area contributed by atoms with Gasteiger partial charge in [0.1, 0.15) is 0 Å². The molecular weight excluding hydrogens is 182 g/mol. The van der Waals surface area contributed by atoms with Gasteiger partial charge in [-0.3, -0.25) is 0 Å². The summed E-state index contributed by atoms with van der Waals surface area (Å²) in [5.41, 5.74) is 16.3. The van der Waals surface area contributed by atoms with Crippen LogP contribution in [0.2, 0.25) is 0 Å². The zero-order valence-electron chi connectivity index (χ0n) is 7.46. The summed E-state index contributed by atoms with van der Waals surface area (Å²) in [6, 6.07) is 3.54. The lowest BCUT2D eigenvalue weighted by atomic mass is 10.4. The molecule has 14 heavy (non-hydrogen) atoms. The van der Waals surface area contributed by atoms with Crippen molar-refractivity contribution < 1.29 is 0 Å². The van der Waals surface area contributed by atoms with Gasteiger partial charge in [-0.15, -0.1) is 0 Å². The van der Waals surface area contributed by atoms with Crippen LogP contribution in [-0.2, 0) is 6.54 Å². The first-order valence-electron chi connectivity index (χ1n) is 3.84. The summed E-state index contributed by atoms with van der Waals surface area (Å²) in [6.07, 6.45) is 1.58. The summed E-state index contributed by atoms with van der Waals surface area (Å²) in [7, 11) is 0. The van der Waals surface area contributed by atoms with E-state index in [0.717, 1.165) is 0 Å². The summed E-state index contributed by atoms with van der Waals surface area (Å²) < 4.78 is 0. The molecule has 0 aromatic carbocycles. The lowest BCUT2D eigenvalue weighted by Gasteiger charge is -1.94.